The van der Waals surface area contributed by atoms with Crippen molar-refractivity contribution in [2.24, 2.45) is 0 Å². The van der Waals surface area contributed by atoms with Crippen molar-refractivity contribution in [3.63, 3.8) is 0 Å². The molecule has 0 aliphatic rings. The molecule has 0 aromatic heterocycles. The van der Waals surface area contributed by atoms with Crippen LogP contribution in [0.15, 0.2) is 0 Å². The summed E-state index contributed by atoms with van der Waals surface area (Å²) < 4.78 is 31.6. The van der Waals surface area contributed by atoms with Crippen LogP contribution in [0.3, 0.4) is 0 Å². The fourth-order valence-corrected chi connectivity index (χ4v) is 0.880. The van der Waals surface area contributed by atoms with E-state index in [1.807, 2.05) is 0 Å². The SMILES string of the molecule is CCCCCCCC(=O)O.N.O=S(=O)(O)O. The van der Waals surface area contributed by atoms with Gasteiger partial charge < -0.3 is 11.3 Å². The van der Waals surface area contributed by atoms with E-state index >= 15 is 0 Å². The molecule has 0 fully saturated rings. The number of carboxylic acids is 1. The lowest BCUT2D eigenvalue weighted by atomic mass is 10.1. The second-order valence-electron chi connectivity index (χ2n) is 3.01. The van der Waals surface area contributed by atoms with Gasteiger partial charge in [0.25, 0.3) is 0 Å². The summed E-state index contributed by atoms with van der Waals surface area (Å²) in [7, 11) is -4.67. The molecule has 0 aliphatic carbocycles. The largest absolute Gasteiger partial charge is 0.481 e. The molecule has 7 nitrogen and oxygen atoms in total. The van der Waals surface area contributed by atoms with Crippen LogP contribution < -0.4 is 6.15 Å². The number of hydrogen-bond acceptors (Lipinski definition) is 4. The van der Waals surface area contributed by atoms with Gasteiger partial charge in [0.2, 0.25) is 0 Å². The molecule has 0 aliphatic heterocycles. The summed E-state index contributed by atoms with van der Waals surface area (Å²) in [5.74, 6) is -0.670. The van der Waals surface area contributed by atoms with Crippen LogP contribution in [-0.4, -0.2) is 28.6 Å². The average molecular weight is 259 g/mol. The van der Waals surface area contributed by atoms with Crippen LogP contribution in [0.5, 0.6) is 0 Å². The quantitative estimate of drug-likeness (QED) is 0.421. The van der Waals surface area contributed by atoms with E-state index in [-0.39, 0.29) is 6.15 Å². The molecule has 0 amide bonds. The van der Waals surface area contributed by atoms with Crippen LogP contribution in [0, 0.1) is 0 Å². The van der Waals surface area contributed by atoms with Crippen LogP contribution >= 0.6 is 0 Å². The first-order valence-electron chi connectivity index (χ1n) is 4.69. The Labute approximate surface area is 96.0 Å². The number of carbonyl (C=O) groups is 1. The van der Waals surface area contributed by atoms with Crippen molar-refractivity contribution in [1.82, 2.24) is 6.15 Å². The zero-order chi connectivity index (χ0) is 12.3. The first-order chi connectivity index (χ1) is 6.77. The normalized spacial score (nSPS) is 9.69. The zero-order valence-corrected chi connectivity index (χ0v) is 10.2. The minimum Gasteiger partial charge on any atom is -0.481 e. The highest BCUT2D eigenvalue weighted by Gasteiger charge is 1.94. The highest BCUT2D eigenvalue weighted by Crippen LogP contribution is 2.04. The maximum Gasteiger partial charge on any atom is 0.394 e. The van der Waals surface area contributed by atoms with Gasteiger partial charge in [-0.15, -0.1) is 0 Å². The van der Waals surface area contributed by atoms with Crippen molar-refractivity contribution < 1.29 is 27.4 Å². The van der Waals surface area contributed by atoms with Crippen molar-refractivity contribution >= 4 is 16.4 Å². The summed E-state index contributed by atoms with van der Waals surface area (Å²) in [4.78, 5) is 10.0. The van der Waals surface area contributed by atoms with Crippen LogP contribution in [0.25, 0.3) is 0 Å². The van der Waals surface area contributed by atoms with E-state index in [9.17, 15) is 4.79 Å². The fourth-order valence-electron chi connectivity index (χ4n) is 0.880. The number of rotatable bonds is 6. The summed E-state index contributed by atoms with van der Waals surface area (Å²) in [6, 6.07) is 0. The first-order valence-corrected chi connectivity index (χ1v) is 6.08. The van der Waals surface area contributed by atoms with Gasteiger partial charge in [0.05, 0.1) is 0 Å². The molecule has 0 saturated heterocycles. The molecule has 100 valence electrons. The van der Waals surface area contributed by atoms with E-state index in [2.05, 4.69) is 6.92 Å². The third-order valence-corrected chi connectivity index (χ3v) is 1.49. The Bertz CT molecular complexity index is 243. The van der Waals surface area contributed by atoms with Crippen molar-refractivity contribution in [2.45, 2.75) is 45.4 Å². The third-order valence-electron chi connectivity index (χ3n) is 1.49. The topological polar surface area (TPSA) is 147 Å². The van der Waals surface area contributed by atoms with E-state index in [4.69, 9.17) is 22.6 Å². The van der Waals surface area contributed by atoms with Crippen LogP contribution in [-0.2, 0) is 15.2 Å². The van der Waals surface area contributed by atoms with E-state index in [0.717, 1.165) is 12.8 Å². The molecule has 0 unspecified atom stereocenters. The molecule has 16 heavy (non-hydrogen) atoms. The lowest BCUT2D eigenvalue weighted by Gasteiger charge is -1.95. The van der Waals surface area contributed by atoms with Crippen molar-refractivity contribution in [3.05, 3.63) is 0 Å². The van der Waals surface area contributed by atoms with Crippen LogP contribution in [0.2, 0.25) is 0 Å². The van der Waals surface area contributed by atoms with Crippen molar-refractivity contribution in [3.8, 4) is 0 Å². The predicted octanol–water partition coefficient (Wildman–Crippen LogP) is 1.94. The smallest absolute Gasteiger partial charge is 0.394 e. The fraction of sp³-hybridized carbons (Fsp3) is 0.875. The van der Waals surface area contributed by atoms with Gasteiger partial charge in [-0.25, -0.2) is 0 Å². The lowest BCUT2D eigenvalue weighted by Crippen LogP contribution is -1.93. The van der Waals surface area contributed by atoms with Crippen molar-refractivity contribution in [2.75, 3.05) is 0 Å². The van der Waals surface area contributed by atoms with Crippen LogP contribution in [0.4, 0.5) is 0 Å². The number of carboxylic acid groups (broad SMARTS) is 1. The van der Waals surface area contributed by atoms with Gasteiger partial charge in [0, 0.05) is 6.42 Å². The highest BCUT2D eigenvalue weighted by molar-refractivity contribution is 7.79. The molecular formula is C8H21NO6S. The first kappa shape index (κ1) is 20.7. The molecule has 0 radical (unpaired) electrons. The summed E-state index contributed by atoms with van der Waals surface area (Å²) >= 11 is 0. The van der Waals surface area contributed by atoms with Gasteiger partial charge in [-0.2, -0.15) is 8.42 Å². The van der Waals surface area contributed by atoms with E-state index in [0.29, 0.717) is 6.42 Å². The molecule has 0 saturated carbocycles. The summed E-state index contributed by atoms with van der Waals surface area (Å²) in [5, 5.41) is 8.27. The Balaban J connectivity index is -0.000000242. The maximum absolute atomic E-state index is 10.0. The Morgan fingerprint density at radius 2 is 1.44 bits per heavy atom. The molecule has 0 aromatic rings. The molecule has 0 heterocycles. The molecule has 6 N–H and O–H groups in total. The number of unbranched alkanes of at least 4 members (excludes halogenated alkanes) is 4. The van der Waals surface area contributed by atoms with Crippen LogP contribution in [0.1, 0.15) is 45.4 Å². The Morgan fingerprint density at radius 3 is 1.75 bits per heavy atom. The van der Waals surface area contributed by atoms with Gasteiger partial charge in [-0.1, -0.05) is 32.6 Å². The summed E-state index contributed by atoms with van der Waals surface area (Å²) in [6.07, 6.45) is 5.88. The molecule has 0 spiro atoms. The van der Waals surface area contributed by atoms with Gasteiger partial charge >= 0.3 is 16.4 Å². The van der Waals surface area contributed by atoms with E-state index in [1.54, 1.807) is 0 Å². The van der Waals surface area contributed by atoms with Crippen molar-refractivity contribution in [1.29, 1.82) is 0 Å². The molecule has 8 heteroatoms. The molecular weight excluding hydrogens is 238 g/mol. The van der Waals surface area contributed by atoms with E-state index in [1.165, 1.54) is 19.3 Å². The minimum atomic E-state index is -4.67. The molecule has 0 aromatic carbocycles. The third kappa shape index (κ3) is 50.7. The monoisotopic (exact) mass is 259 g/mol. The predicted molar refractivity (Wildman–Crippen MR) is 60.2 cm³/mol. The second-order valence-corrected chi connectivity index (χ2v) is 3.90. The zero-order valence-electron chi connectivity index (χ0n) is 9.42. The van der Waals surface area contributed by atoms with E-state index < -0.39 is 16.4 Å². The Kier molecular flexibility index (Phi) is 16.0. The Morgan fingerprint density at radius 1 is 1.06 bits per heavy atom. The second kappa shape index (κ2) is 12.4. The molecule has 0 bridgehead atoms. The van der Waals surface area contributed by atoms with Gasteiger partial charge in [0.1, 0.15) is 0 Å². The molecule has 0 atom stereocenters. The minimum absolute atomic E-state index is 0. The molecule has 0 rings (SSSR count). The Hall–Kier alpha value is -0.700. The average Bonchev–Trinajstić information content (AvgIpc) is 2.00. The summed E-state index contributed by atoms with van der Waals surface area (Å²) in [5.41, 5.74) is 0. The van der Waals surface area contributed by atoms with Gasteiger partial charge in [-0.05, 0) is 6.42 Å². The van der Waals surface area contributed by atoms with Gasteiger partial charge in [0.15, 0.2) is 0 Å². The van der Waals surface area contributed by atoms with Gasteiger partial charge in [-0.3, -0.25) is 13.9 Å². The highest BCUT2D eigenvalue weighted by atomic mass is 32.3. The maximum atomic E-state index is 10.0. The lowest BCUT2D eigenvalue weighted by molar-refractivity contribution is -0.137. The number of hydrogen-bond donors (Lipinski definition) is 4. The number of aliphatic carboxylic acids is 1. The standard InChI is InChI=1S/C8H16O2.H3N.H2O4S/c1-2-3-4-5-6-7-8(9)10;;1-5(2,3)4/h2-7H2,1H3,(H,9,10);1H3;(H2,1,2,3,4). The summed E-state index contributed by atoms with van der Waals surface area (Å²) in [6.45, 7) is 2.15.